The van der Waals surface area contributed by atoms with Crippen LogP contribution in [-0.4, -0.2) is 31.1 Å². The molecule has 0 bridgehead atoms. The van der Waals surface area contributed by atoms with Crippen molar-refractivity contribution in [3.05, 3.63) is 29.8 Å². The van der Waals surface area contributed by atoms with Gasteiger partial charge in [-0.25, -0.2) is 4.79 Å². The molecule has 0 aliphatic carbocycles. The molecule has 1 aromatic carbocycles. The molecule has 0 saturated carbocycles. The molecule has 2 N–H and O–H groups in total. The fourth-order valence-electron chi connectivity index (χ4n) is 1.40. The van der Waals surface area contributed by atoms with Crippen molar-refractivity contribution in [3.63, 3.8) is 0 Å². The number of carboxylic acids is 1. The van der Waals surface area contributed by atoms with Gasteiger partial charge in [0.15, 0.2) is 0 Å². The SMILES string of the molecule is COC(=O)c1ccccc1OC(=O)CC[C@H](N)C(=O)[O-].[Na+]. The second-order valence-electron chi connectivity index (χ2n) is 3.93. The summed E-state index contributed by atoms with van der Waals surface area (Å²) in [4.78, 5) is 33.4. The average Bonchev–Trinajstić information content (AvgIpc) is 2.44. The van der Waals surface area contributed by atoms with Gasteiger partial charge in [0.05, 0.1) is 13.1 Å². The molecule has 0 radical (unpaired) electrons. The van der Waals surface area contributed by atoms with Gasteiger partial charge in [0.25, 0.3) is 0 Å². The minimum atomic E-state index is -1.44. The summed E-state index contributed by atoms with van der Waals surface area (Å²) in [5, 5.41) is 10.4. The van der Waals surface area contributed by atoms with Gasteiger partial charge in [0, 0.05) is 12.5 Å². The van der Waals surface area contributed by atoms with Gasteiger partial charge in [0.2, 0.25) is 0 Å². The smallest absolute Gasteiger partial charge is 0.548 e. The first-order chi connectivity index (χ1) is 9.45. The second kappa shape index (κ2) is 9.51. The van der Waals surface area contributed by atoms with Crippen LogP contribution in [0.25, 0.3) is 0 Å². The molecular weight excluding hydrogens is 289 g/mol. The van der Waals surface area contributed by atoms with Crippen molar-refractivity contribution in [2.24, 2.45) is 5.73 Å². The van der Waals surface area contributed by atoms with Crippen LogP contribution < -0.4 is 45.1 Å². The predicted molar refractivity (Wildman–Crippen MR) is 65.6 cm³/mol. The number of hydrogen-bond acceptors (Lipinski definition) is 7. The Labute approximate surface area is 143 Å². The summed E-state index contributed by atoms with van der Waals surface area (Å²) >= 11 is 0. The van der Waals surface area contributed by atoms with Gasteiger partial charge in [-0.2, -0.15) is 0 Å². The molecule has 1 aromatic rings. The van der Waals surface area contributed by atoms with E-state index in [1.807, 2.05) is 0 Å². The molecule has 7 nitrogen and oxygen atoms in total. The zero-order chi connectivity index (χ0) is 15.1. The molecule has 0 spiro atoms. The Kier molecular flexibility index (Phi) is 8.87. The number of hydrogen-bond donors (Lipinski definition) is 1. The molecule has 0 aromatic heterocycles. The number of ether oxygens (including phenoxy) is 2. The maximum atomic E-state index is 11.6. The number of benzene rings is 1. The van der Waals surface area contributed by atoms with Crippen LogP contribution in [0.3, 0.4) is 0 Å². The van der Waals surface area contributed by atoms with Gasteiger partial charge in [-0.05, 0) is 18.6 Å². The maximum Gasteiger partial charge on any atom is 1.00 e. The average molecular weight is 303 g/mol. The van der Waals surface area contributed by atoms with Gasteiger partial charge < -0.3 is 25.1 Å². The molecule has 0 fully saturated rings. The number of aliphatic carboxylic acids is 1. The first kappa shape index (κ1) is 19.6. The van der Waals surface area contributed by atoms with E-state index in [-0.39, 0.29) is 53.7 Å². The number of methoxy groups -OCH3 is 1. The largest absolute Gasteiger partial charge is 1.00 e. The third-order valence-corrected chi connectivity index (χ3v) is 2.48. The monoisotopic (exact) mass is 303 g/mol. The molecule has 0 aliphatic rings. The van der Waals surface area contributed by atoms with E-state index in [2.05, 4.69) is 4.74 Å². The molecule has 21 heavy (non-hydrogen) atoms. The summed E-state index contributed by atoms with van der Waals surface area (Å²) < 4.78 is 9.54. The van der Waals surface area contributed by atoms with Gasteiger partial charge in [-0.1, -0.05) is 12.1 Å². The van der Waals surface area contributed by atoms with Crippen molar-refractivity contribution in [1.29, 1.82) is 0 Å². The Hall–Kier alpha value is -1.41. The van der Waals surface area contributed by atoms with Gasteiger partial charge in [0.1, 0.15) is 11.3 Å². The molecule has 1 rings (SSSR count). The number of para-hydroxylation sites is 1. The molecule has 0 amide bonds. The minimum absolute atomic E-state index is 0. The van der Waals surface area contributed by atoms with Crippen molar-refractivity contribution in [2.75, 3.05) is 7.11 Å². The van der Waals surface area contributed by atoms with Crippen LogP contribution in [0.4, 0.5) is 0 Å². The van der Waals surface area contributed by atoms with Crippen LogP contribution in [-0.2, 0) is 14.3 Å². The fourth-order valence-corrected chi connectivity index (χ4v) is 1.40. The molecule has 0 saturated heterocycles. The quantitative estimate of drug-likeness (QED) is 0.325. The van der Waals surface area contributed by atoms with Gasteiger partial charge >= 0.3 is 41.5 Å². The third kappa shape index (κ3) is 6.26. The zero-order valence-corrected chi connectivity index (χ0v) is 13.8. The van der Waals surface area contributed by atoms with E-state index in [1.165, 1.54) is 19.2 Å². The molecular formula is C13H14NNaO6. The fraction of sp³-hybridized carbons (Fsp3) is 0.308. The summed E-state index contributed by atoms with van der Waals surface area (Å²) in [5.41, 5.74) is 5.32. The number of carbonyl (C=O) groups is 3. The Morgan fingerprint density at radius 1 is 1.29 bits per heavy atom. The molecule has 1 atom stereocenters. The van der Waals surface area contributed by atoms with E-state index in [4.69, 9.17) is 10.5 Å². The van der Waals surface area contributed by atoms with Crippen LogP contribution in [0.2, 0.25) is 0 Å². The van der Waals surface area contributed by atoms with E-state index in [0.29, 0.717) is 0 Å². The molecule has 0 heterocycles. The van der Waals surface area contributed by atoms with Crippen LogP contribution in [0.5, 0.6) is 5.75 Å². The normalized spacial score (nSPS) is 11.0. The maximum absolute atomic E-state index is 11.6. The number of carboxylic acid groups (broad SMARTS) is 1. The number of carbonyl (C=O) groups excluding carboxylic acids is 3. The molecule has 0 aliphatic heterocycles. The first-order valence-electron chi connectivity index (χ1n) is 5.80. The summed E-state index contributed by atoms with van der Waals surface area (Å²) in [6, 6.07) is 4.82. The van der Waals surface area contributed by atoms with E-state index in [1.54, 1.807) is 12.1 Å². The number of esters is 2. The second-order valence-corrected chi connectivity index (χ2v) is 3.93. The van der Waals surface area contributed by atoms with E-state index < -0.39 is 23.9 Å². The van der Waals surface area contributed by atoms with Crippen molar-refractivity contribution in [2.45, 2.75) is 18.9 Å². The van der Waals surface area contributed by atoms with Crippen LogP contribution in [0, 0.1) is 0 Å². The van der Waals surface area contributed by atoms with E-state index in [0.717, 1.165) is 0 Å². The van der Waals surface area contributed by atoms with Crippen molar-refractivity contribution in [1.82, 2.24) is 0 Å². The van der Waals surface area contributed by atoms with Crippen molar-refractivity contribution in [3.8, 4) is 5.75 Å². The van der Waals surface area contributed by atoms with Gasteiger partial charge in [-0.3, -0.25) is 4.79 Å². The summed E-state index contributed by atoms with van der Waals surface area (Å²) in [5.74, 6) is -2.72. The van der Waals surface area contributed by atoms with Crippen molar-refractivity contribution < 1.29 is 58.5 Å². The topological polar surface area (TPSA) is 119 Å². The van der Waals surface area contributed by atoms with Gasteiger partial charge in [-0.15, -0.1) is 0 Å². The summed E-state index contributed by atoms with van der Waals surface area (Å²) in [7, 11) is 1.21. The number of rotatable bonds is 6. The Bertz CT molecular complexity index is 519. The predicted octanol–water partition coefficient (Wildman–Crippen LogP) is -3.76. The number of nitrogens with two attached hydrogens (primary N) is 1. The van der Waals surface area contributed by atoms with Crippen LogP contribution in [0.15, 0.2) is 24.3 Å². The minimum Gasteiger partial charge on any atom is -0.548 e. The third-order valence-electron chi connectivity index (χ3n) is 2.48. The Balaban J connectivity index is 0.00000400. The Morgan fingerprint density at radius 2 is 1.90 bits per heavy atom. The van der Waals surface area contributed by atoms with Crippen molar-refractivity contribution >= 4 is 17.9 Å². The molecule has 108 valence electrons. The van der Waals surface area contributed by atoms with Crippen LogP contribution in [0.1, 0.15) is 23.2 Å². The standard InChI is InChI=1S/C13H15NO6.Na/c1-19-13(18)8-4-2-3-5-10(8)20-11(15)7-6-9(14)12(16)17;/h2-5,9H,6-7,14H2,1H3,(H,16,17);/q;+1/p-1/t9-;/m0./s1. The van der Waals surface area contributed by atoms with E-state index in [9.17, 15) is 19.5 Å². The van der Waals surface area contributed by atoms with E-state index >= 15 is 0 Å². The summed E-state index contributed by atoms with van der Waals surface area (Å²) in [6.07, 6.45) is -0.313. The molecule has 8 heteroatoms. The zero-order valence-electron chi connectivity index (χ0n) is 11.8. The Morgan fingerprint density at radius 3 is 2.48 bits per heavy atom. The first-order valence-corrected chi connectivity index (χ1v) is 5.80. The summed E-state index contributed by atoms with van der Waals surface area (Å²) in [6.45, 7) is 0. The molecule has 0 unspecified atom stereocenters. The van der Waals surface area contributed by atoms with Crippen LogP contribution >= 0.6 is 0 Å².